The topological polar surface area (TPSA) is 51.4 Å². The van der Waals surface area contributed by atoms with Gasteiger partial charge in [0.25, 0.3) is 5.91 Å². The molecule has 1 saturated heterocycles. The van der Waals surface area contributed by atoms with E-state index in [-0.39, 0.29) is 5.91 Å². The lowest BCUT2D eigenvalue weighted by Crippen LogP contribution is -3.14. The lowest BCUT2D eigenvalue weighted by atomic mass is 9.90. The normalized spacial score (nSPS) is 18.9. The molecule has 0 spiro atoms. The number of carbonyl (C=O) groups is 1. The largest absolute Gasteiger partial charge is 0.327 e. The van der Waals surface area contributed by atoms with Crippen LogP contribution in [0, 0.1) is 19.8 Å². The Morgan fingerprint density at radius 3 is 2.33 bits per heavy atom. The molecule has 1 aromatic heterocycles. The SMILES string of the molecule is Cc1nn(-c2ccccc2)c(C)c1NC(=O)C[NH+]1CCC(Cc2ccccc2)CC1. The maximum Gasteiger partial charge on any atom is 0.279 e. The van der Waals surface area contributed by atoms with Gasteiger partial charge in [-0.25, -0.2) is 4.68 Å². The highest BCUT2D eigenvalue weighted by Crippen LogP contribution is 2.22. The summed E-state index contributed by atoms with van der Waals surface area (Å²) in [5, 5.41) is 7.75. The molecule has 0 aliphatic carbocycles. The number of anilines is 1. The van der Waals surface area contributed by atoms with Gasteiger partial charge < -0.3 is 10.2 Å². The van der Waals surface area contributed by atoms with Gasteiger partial charge in [0.2, 0.25) is 0 Å². The number of nitrogens with zero attached hydrogens (tertiary/aromatic N) is 2. The first-order valence-corrected chi connectivity index (χ1v) is 10.9. The number of carbonyl (C=O) groups excluding carboxylic acids is 1. The zero-order valence-electron chi connectivity index (χ0n) is 17.9. The van der Waals surface area contributed by atoms with E-state index in [1.807, 2.05) is 48.9 Å². The highest BCUT2D eigenvalue weighted by atomic mass is 16.2. The Kier molecular flexibility index (Phi) is 6.29. The van der Waals surface area contributed by atoms with Gasteiger partial charge in [-0.1, -0.05) is 48.5 Å². The monoisotopic (exact) mass is 403 g/mol. The van der Waals surface area contributed by atoms with Crippen molar-refractivity contribution in [3.63, 3.8) is 0 Å². The molecule has 1 amide bonds. The first-order valence-electron chi connectivity index (χ1n) is 10.9. The summed E-state index contributed by atoms with van der Waals surface area (Å²) in [5.74, 6) is 0.804. The molecule has 2 aromatic carbocycles. The highest BCUT2D eigenvalue weighted by Gasteiger charge is 2.25. The number of nitrogens with one attached hydrogen (secondary N) is 2. The van der Waals surface area contributed by atoms with Gasteiger partial charge in [0.1, 0.15) is 0 Å². The summed E-state index contributed by atoms with van der Waals surface area (Å²) in [5.41, 5.74) is 5.07. The van der Waals surface area contributed by atoms with Crippen LogP contribution in [0.3, 0.4) is 0 Å². The minimum absolute atomic E-state index is 0.0744. The molecule has 2 N–H and O–H groups in total. The van der Waals surface area contributed by atoms with Crippen molar-refractivity contribution in [3.8, 4) is 5.69 Å². The summed E-state index contributed by atoms with van der Waals surface area (Å²) in [6, 6.07) is 20.8. The molecule has 0 radical (unpaired) electrons. The van der Waals surface area contributed by atoms with E-state index in [1.165, 1.54) is 23.3 Å². The van der Waals surface area contributed by atoms with E-state index in [0.717, 1.165) is 48.2 Å². The van der Waals surface area contributed by atoms with E-state index < -0.39 is 0 Å². The predicted octanol–water partition coefficient (Wildman–Crippen LogP) is 2.97. The first kappa shape index (κ1) is 20.4. The lowest BCUT2D eigenvalue weighted by molar-refractivity contribution is -0.898. The second kappa shape index (κ2) is 9.26. The maximum absolute atomic E-state index is 12.7. The fraction of sp³-hybridized carbons (Fsp3) is 0.360. The number of aromatic nitrogens is 2. The third-order valence-electron chi connectivity index (χ3n) is 6.15. The van der Waals surface area contributed by atoms with Crippen molar-refractivity contribution in [1.29, 1.82) is 0 Å². The third kappa shape index (κ3) is 4.79. The number of hydrogen-bond acceptors (Lipinski definition) is 2. The third-order valence-corrected chi connectivity index (χ3v) is 6.15. The van der Waals surface area contributed by atoms with Crippen LogP contribution in [0.5, 0.6) is 0 Å². The molecule has 5 nitrogen and oxygen atoms in total. The van der Waals surface area contributed by atoms with Crippen LogP contribution in [0.1, 0.15) is 29.8 Å². The van der Waals surface area contributed by atoms with Gasteiger partial charge in [0.05, 0.1) is 35.9 Å². The molecule has 1 fully saturated rings. The Morgan fingerprint density at radius 2 is 1.67 bits per heavy atom. The zero-order chi connectivity index (χ0) is 20.9. The van der Waals surface area contributed by atoms with Crippen LogP contribution in [0.15, 0.2) is 60.7 Å². The van der Waals surface area contributed by atoms with Crippen molar-refractivity contribution in [2.75, 3.05) is 25.0 Å². The standard InChI is InChI=1S/C25H30N4O/c1-19-25(20(2)29(27-19)23-11-7-4-8-12-23)26-24(30)18-28-15-13-22(14-16-28)17-21-9-5-3-6-10-21/h3-12,22H,13-18H2,1-2H3,(H,26,30)/p+1. The summed E-state index contributed by atoms with van der Waals surface area (Å²) in [4.78, 5) is 14.1. The van der Waals surface area contributed by atoms with Crippen LogP contribution in [0.25, 0.3) is 5.69 Å². The van der Waals surface area contributed by atoms with Crippen molar-refractivity contribution in [1.82, 2.24) is 9.78 Å². The Morgan fingerprint density at radius 1 is 1.03 bits per heavy atom. The zero-order valence-corrected chi connectivity index (χ0v) is 17.9. The molecule has 2 heterocycles. The van der Waals surface area contributed by atoms with E-state index in [9.17, 15) is 4.79 Å². The van der Waals surface area contributed by atoms with Crippen LogP contribution >= 0.6 is 0 Å². The van der Waals surface area contributed by atoms with Crippen molar-refractivity contribution in [2.24, 2.45) is 5.92 Å². The van der Waals surface area contributed by atoms with Crippen LogP contribution in [0.2, 0.25) is 0 Å². The number of hydrogen-bond donors (Lipinski definition) is 2. The Balaban J connectivity index is 1.31. The maximum atomic E-state index is 12.7. The van der Waals surface area contributed by atoms with Crippen LogP contribution in [-0.4, -0.2) is 35.3 Å². The number of benzene rings is 2. The molecule has 0 saturated carbocycles. The average molecular weight is 404 g/mol. The van der Waals surface area contributed by atoms with Gasteiger partial charge in [0.15, 0.2) is 6.54 Å². The Hall–Kier alpha value is -2.92. The molecule has 0 atom stereocenters. The first-order chi connectivity index (χ1) is 14.6. The van der Waals surface area contributed by atoms with Gasteiger partial charge >= 0.3 is 0 Å². The molecule has 4 rings (SSSR count). The molecule has 0 unspecified atom stereocenters. The van der Waals surface area contributed by atoms with Crippen molar-refractivity contribution in [3.05, 3.63) is 77.6 Å². The number of amides is 1. The van der Waals surface area contributed by atoms with E-state index in [2.05, 4.69) is 40.7 Å². The molecular formula is C25H31N4O+. The van der Waals surface area contributed by atoms with Gasteiger partial charge in [0, 0.05) is 0 Å². The number of aryl methyl sites for hydroxylation is 1. The van der Waals surface area contributed by atoms with E-state index in [4.69, 9.17) is 0 Å². The Labute approximate surface area is 178 Å². The fourth-order valence-corrected chi connectivity index (χ4v) is 4.47. The number of likely N-dealkylation sites (tertiary alicyclic amines) is 1. The van der Waals surface area contributed by atoms with E-state index in [0.29, 0.717) is 6.54 Å². The molecule has 1 aliphatic heterocycles. The predicted molar refractivity (Wildman–Crippen MR) is 120 cm³/mol. The highest BCUT2D eigenvalue weighted by molar-refractivity contribution is 5.92. The molecule has 0 bridgehead atoms. The number of quaternary nitrogens is 1. The van der Waals surface area contributed by atoms with Crippen molar-refractivity contribution >= 4 is 11.6 Å². The number of rotatable bonds is 6. The molecule has 1 aliphatic rings. The van der Waals surface area contributed by atoms with Gasteiger partial charge in [-0.05, 0) is 56.7 Å². The fourth-order valence-electron chi connectivity index (χ4n) is 4.47. The lowest BCUT2D eigenvalue weighted by Gasteiger charge is -2.29. The summed E-state index contributed by atoms with van der Waals surface area (Å²) < 4.78 is 1.90. The summed E-state index contributed by atoms with van der Waals surface area (Å²) >= 11 is 0. The molecular weight excluding hydrogens is 372 g/mol. The van der Waals surface area contributed by atoms with Gasteiger partial charge in [-0.2, -0.15) is 5.10 Å². The van der Waals surface area contributed by atoms with E-state index in [1.54, 1.807) is 0 Å². The molecule has 30 heavy (non-hydrogen) atoms. The quantitative estimate of drug-likeness (QED) is 0.665. The average Bonchev–Trinajstić information content (AvgIpc) is 3.05. The summed E-state index contributed by atoms with van der Waals surface area (Å²) in [6.07, 6.45) is 3.51. The second-order valence-corrected chi connectivity index (χ2v) is 8.40. The number of piperidine rings is 1. The summed E-state index contributed by atoms with van der Waals surface area (Å²) in [7, 11) is 0. The minimum Gasteiger partial charge on any atom is -0.327 e. The van der Waals surface area contributed by atoms with Gasteiger partial charge in [-0.15, -0.1) is 0 Å². The minimum atomic E-state index is 0.0744. The van der Waals surface area contributed by atoms with Crippen molar-refractivity contribution < 1.29 is 9.69 Å². The Bertz CT molecular complexity index is 973. The van der Waals surface area contributed by atoms with Gasteiger partial charge in [-0.3, -0.25) is 4.79 Å². The van der Waals surface area contributed by atoms with Crippen LogP contribution in [0.4, 0.5) is 5.69 Å². The van der Waals surface area contributed by atoms with E-state index >= 15 is 0 Å². The number of para-hydroxylation sites is 1. The molecule has 3 aromatic rings. The van der Waals surface area contributed by atoms with Crippen LogP contribution < -0.4 is 10.2 Å². The van der Waals surface area contributed by atoms with Crippen LogP contribution in [-0.2, 0) is 11.2 Å². The van der Waals surface area contributed by atoms with Crippen molar-refractivity contribution in [2.45, 2.75) is 33.1 Å². The molecule has 5 heteroatoms. The second-order valence-electron chi connectivity index (χ2n) is 8.40. The summed E-state index contributed by atoms with van der Waals surface area (Å²) in [6.45, 7) is 6.60. The molecule has 156 valence electrons. The smallest absolute Gasteiger partial charge is 0.279 e.